The number of phenolic OH excluding ortho intramolecular Hbond substituents is 2. The van der Waals surface area contributed by atoms with Gasteiger partial charge in [0.15, 0.2) is 11.5 Å². The Hall–Kier alpha value is -2.62. The van der Waals surface area contributed by atoms with Crippen molar-refractivity contribution in [2.45, 2.75) is 13.8 Å². The maximum atomic E-state index is 10.3. The summed E-state index contributed by atoms with van der Waals surface area (Å²) in [6.07, 6.45) is 1.51. The molecule has 3 nitrogen and oxygen atoms in total. The molecule has 5 heteroatoms. The van der Waals surface area contributed by atoms with Crippen LogP contribution in [0.4, 0.5) is 0 Å². The van der Waals surface area contributed by atoms with Crippen molar-refractivity contribution in [2.75, 3.05) is 6.61 Å². The normalized spacial score (nSPS) is 10.6. The largest absolute Gasteiger partial charge is 0.508 e. The third-order valence-electron chi connectivity index (χ3n) is 4.50. The Bertz CT molecular complexity index is 1020. The fourth-order valence-electron chi connectivity index (χ4n) is 3.08. The minimum absolute atomic E-state index is 0.0521. The molecule has 0 bridgehead atoms. The average molecular weight is 415 g/mol. The van der Waals surface area contributed by atoms with Gasteiger partial charge in [0.05, 0.1) is 0 Å². The summed E-state index contributed by atoms with van der Waals surface area (Å²) in [6.45, 7) is 4.26. The van der Waals surface area contributed by atoms with Gasteiger partial charge in [0.1, 0.15) is 16.8 Å². The fourth-order valence-corrected chi connectivity index (χ4v) is 3.21. The zero-order chi connectivity index (χ0) is 20.3. The molecule has 0 atom stereocenters. The molecule has 0 saturated heterocycles. The zero-order valence-electron chi connectivity index (χ0n) is 15.5. The van der Waals surface area contributed by atoms with E-state index in [4.69, 9.17) is 27.9 Å². The molecule has 0 fully saturated rings. The Labute approximate surface area is 174 Å². The number of hydrogen-bond acceptors (Lipinski definition) is 3. The van der Waals surface area contributed by atoms with E-state index in [2.05, 4.69) is 12.1 Å². The van der Waals surface area contributed by atoms with Crippen molar-refractivity contribution >= 4 is 23.2 Å². The zero-order valence-corrected chi connectivity index (χ0v) is 17.1. The van der Waals surface area contributed by atoms with Crippen molar-refractivity contribution < 1.29 is 14.9 Å². The first-order valence-electron chi connectivity index (χ1n) is 8.73. The molecule has 0 aliphatic rings. The van der Waals surface area contributed by atoms with E-state index in [1.165, 1.54) is 6.08 Å². The highest BCUT2D eigenvalue weighted by atomic mass is 35.5. The molecular weight excluding hydrogens is 395 g/mol. The highest BCUT2D eigenvalue weighted by Crippen LogP contribution is 2.36. The van der Waals surface area contributed by atoms with Crippen LogP contribution in [0.5, 0.6) is 17.2 Å². The predicted octanol–water partition coefficient (Wildman–Crippen LogP) is 6.75. The third-order valence-corrected chi connectivity index (χ3v) is 4.80. The second kappa shape index (κ2) is 8.59. The first-order chi connectivity index (χ1) is 13.3. The van der Waals surface area contributed by atoms with Gasteiger partial charge >= 0.3 is 0 Å². The minimum atomic E-state index is 0.0521. The summed E-state index contributed by atoms with van der Waals surface area (Å²) in [5.41, 5.74) is 6.27. The molecule has 0 amide bonds. The first kappa shape index (κ1) is 20.1. The Balaban J connectivity index is 1.91. The number of aryl methyl sites for hydroxylation is 2. The number of ether oxygens (including phenoxy) is 1. The fraction of sp³-hybridized carbons (Fsp3) is 0.130. The predicted molar refractivity (Wildman–Crippen MR) is 115 cm³/mol. The smallest absolute Gasteiger partial charge is 0.161 e. The highest BCUT2D eigenvalue weighted by molar-refractivity contribution is 6.55. The lowest BCUT2D eigenvalue weighted by molar-refractivity contribution is 0.336. The van der Waals surface area contributed by atoms with Crippen molar-refractivity contribution in [3.63, 3.8) is 0 Å². The topological polar surface area (TPSA) is 49.7 Å². The van der Waals surface area contributed by atoms with Crippen LogP contribution in [0, 0.1) is 13.8 Å². The van der Waals surface area contributed by atoms with Crippen LogP contribution in [-0.4, -0.2) is 16.8 Å². The Morgan fingerprint density at radius 2 is 1.43 bits per heavy atom. The van der Waals surface area contributed by atoms with Gasteiger partial charge in [-0.05, 0) is 77.6 Å². The standard InChI is InChI=1S/C23H20Cl2O3/c1-14-12-20(15(2)11-19(14)16-3-6-18(26)7-4-16)17-5-8-22(21(27)13-17)28-10-9-23(24)25/h3-9,11-13,26-27H,10H2,1-2H3. The Morgan fingerprint density at radius 3 is 2.00 bits per heavy atom. The minimum Gasteiger partial charge on any atom is -0.508 e. The summed E-state index contributed by atoms with van der Waals surface area (Å²) in [5.74, 6) is 0.664. The van der Waals surface area contributed by atoms with Crippen molar-refractivity contribution in [3.8, 4) is 39.5 Å². The molecule has 3 rings (SSSR count). The Kier molecular flexibility index (Phi) is 6.18. The van der Waals surface area contributed by atoms with E-state index in [1.54, 1.807) is 24.3 Å². The number of aromatic hydroxyl groups is 2. The number of rotatable bonds is 5. The molecule has 0 unspecified atom stereocenters. The lowest BCUT2D eigenvalue weighted by atomic mass is 9.92. The summed E-state index contributed by atoms with van der Waals surface area (Å²) in [4.78, 5) is 0. The van der Waals surface area contributed by atoms with Crippen LogP contribution in [0.3, 0.4) is 0 Å². The molecule has 3 aromatic carbocycles. The molecule has 0 spiro atoms. The van der Waals surface area contributed by atoms with Crippen molar-refractivity contribution in [1.29, 1.82) is 0 Å². The monoisotopic (exact) mass is 414 g/mol. The van der Waals surface area contributed by atoms with Gasteiger partial charge in [-0.25, -0.2) is 0 Å². The number of benzene rings is 3. The Morgan fingerprint density at radius 1 is 0.857 bits per heavy atom. The van der Waals surface area contributed by atoms with E-state index in [0.29, 0.717) is 5.75 Å². The summed E-state index contributed by atoms with van der Waals surface area (Å²) < 4.78 is 5.58. The van der Waals surface area contributed by atoms with Gasteiger partial charge in [0, 0.05) is 0 Å². The maximum Gasteiger partial charge on any atom is 0.161 e. The van der Waals surface area contributed by atoms with E-state index in [-0.39, 0.29) is 22.6 Å². The van der Waals surface area contributed by atoms with E-state index in [0.717, 1.165) is 33.4 Å². The number of hydrogen-bond donors (Lipinski definition) is 2. The second-order valence-electron chi connectivity index (χ2n) is 6.52. The average Bonchev–Trinajstić information content (AvgIpc) is 2.65. The molecule has 0 aliphatic heterocycles. The van der Waals surface area contributed by atoms with Crippen LogP contribution in [0.25, 0.3) is 22.3 Å². The van der Waals surface area contributed by atoms with Crippen molar-refractivity contribution in [3.05, 3.63) is 76.3 Å². The van der Waals surface area contributed by atoms with Gasteiger partial charge in [-0.3, -0.25) is 0 Å². The summed E-state index contributed by atoms with van der Waals surface area (Å²) in [7, 11) is 0. The lowest BCUT2D eigenvalue weighted by Gasteiger charge is -2.14. The number of phenols is 2. The first-order valence-corrected chi connectivity index (χ1v) is 9.48. The van der Waals surface area contributed by atoms with E-state index >= 15 is 0 Å². The van der Waals surface area contributed by atoms with Gasteiger partial charge in [0.25, 0.3) is 0 Å². The molecule has 28 heavy (non-hydrogen) atoms. The molecular formula is C23H20Cl2O3. The summed E-state index contributed by atoms with van der Waals surface area (Å²) in [5, 5.41) is 19.8. The van der Waals surface area contributed by atoms with Gasteiger partial charge in [-0.15, -0.1) is 0 Å². The van der Waals surface area contributed by atoms with Crippen LogP contribution in [-0.2, 0) is 0 Å². The summed E-state index contributed by atoms with van der Waals surface area (Å²) in [6, 6.07) is 16.7. The molecule has 0 radical (unpaired) electrons. The lowest BCUT2D eigenvalue weighted by Crippen LogP contribution is -1.95. The van der Waals surface area contributed by atoms with Crippen LogP contribution in [0.1, 0.15) is 11.1 Å². The van der Waals surface area contributed by atoms with Crippen molar-refractivity contribution in [2.24, 2.45) is 0 Å². The highest BCUT2D eigenvalue weighted by Gasteiger charge is 2.11. The van der Waals surface area contributed by atoms with Gasteiger partial charge in [-0.1, -0.05) is 53.5 Å². The van der Waals surface area contributed by atoms with Crippen molar-refractivity contribution in [1.82, 2.24) is 0 Å². The van der Waals surface area contributed by atoms with Gasteiger partial charge < -0.3 is 14.9 Å². The van der Waals surface area contributed by atoms with Crippen LogP contribution < -0.4 is 4.74 Å². The van der Waals surface area contributed by atoms with Gasteiger partial charge in [-0.2, -0.15) is 0 Å². The number of halogens is 2. The van der Waals surface area contributed by atoms with E-state index < -0.39 is 0 Å². The summed E-state index contributed by atoms with van der Waals surface area (Å²) >= 11 is 11.1. The molecule has 0 saturated carbocycles. The van der Waals surface area contributed by atoms with Crippen LogP contribution in [0.2, 0.25) is 0 Å². The molecule has 0 aliphatic carbocycles. The third kappa shape index (κ3) is 4.61. The van der Waals surface area contributed by atoms with Gasteiger partial charge in [0.2, 0.25) is 0 Å². The molecule has 144 valence electrons. The molecule has 0 aromatic heterocycles. The van der Waals surface area contributed by atoms with Crippen LogP contribution in [0.15, 0.2) is 65.2 Å². The molecule has 2 N–H and O–H groups in total. The van der Waals surface area contributed by atoms with Crippen LogP contribution >= 0.6 is 23.2 Å². The molecule has 3 aromatic rings. The quantitative estimate of drug-likeness (QED) is 0.485. The van der Waals surface area contributed by atoms with E-state index in [9.17, 15) is 10.2 Å². The maximum absolute atomic E-state index is 10.3. The molecule has 0 heterocycles. The SMILES string of the molecule is Cc1cc(-c2ccc(OCC=C(Cl)Cl)c(O)c2)c(C)cc1-c1ccc(O)cc1. The van der Waals surface area contributed by atoms with E-state index in [1.807, 2.05) is 32.0 Å². The second-order valence-corrected chi connectivity index (χ2v) is 7.52.